The molecule has 1 aromatic heterocycles. The van der Waals surface area contributed by atoms with Crippen molar-refractivity contribution in [2.24, 2.45) is 5.41 Å². The third kappa shape index (κ3) is 4.78. The van der Waals surface area contributed by atoms with Crippen molar-refractivity contribution in [3.8, 4) is 0 Å². The van der Waals surface area contributed by atoms with Gasteiger partial charge in [0.05, 0.1) is 12.1 Å². The minimum atomic E-state index is -3.20. The van der Waals surface area contributed by atoms with Gasteiger partial charge in [0.15, 0.2) is 0 Å². The lowest BCUT2D eigenvalue weighted by molar-refractivity contribution is 0.270. The molecule has 0 aliphatic carbocycles. The van der Waals surface area contributed by atoms with Crippen LogP contribution in [0.25, 0.3) is 0 Å². The molecule has 0 saturated carbocycles. The highest BCUT2D eigenvalue weighted by Crippen LogP contribution is 2.21. The standard InChI is InChI=1S/C12H23N3O2S/c1-5-8-18(16,17)14-11(12(2,3)4)9-15-7-6-13-10-15/h6-7,10-11,14H,5,8-9H2,1-4H3. The van der Waals surface area contributed by atoms with Crippen molar-refractivity contribution < 1.29 is 8.42 Å². The molecule has 0 amide bonds. The quantitative estimate of drug-likeness (QED) is 0.856. The third-order valence-electron chi connectivity index (χ3n) is 2.79. The normalized spacial score (nSPS) is 14.7. The molecule has 5 nitrogen and oxygen atoms in total. The van der Waals surface area contributed by atoms with E-state index < -0.39 is 10.0 Å². The van der Waals surface area contributed by atoms with Gasteiger partial charge < -0.3 is 4.57 Å². The van der Waals surface area contributed by atoms with E-state index in [2.05, 4.69) is 9.71 Å². The first-order valence-electron chi connectivity index (χ1n) is 6.20. The summed E-state index contributed by atoms with van der Waals surface area (Å²) in [6.45, 7) is 8.54. The summed E-state index contributed by atoms with van der Waals surface area (Å²) in [6, 6.07) is -0.150. The second kappa shape index (κ2) is 5.84. The van der Waals surface area contributed by atoms with Crippen LogP contribution in [0.2, 0.25) is 0 Å². The Bertz CT molecular complexity index is 446. The van der Waals surface area contributed by atoms with Crippen molar-refractivity contribution in [1.29, 1.82) is 0 Å². The van der Waals surface area contributed by atoms with Gasteiger partial charge in [-0.25, -0.2) is 18.1 Å². The van der Waals surface area contributed by atoms with E-state index in [1.807, 2.05) is 38.5 Å². The van der Waals surface area contributed by atoms with Gasteiger partial charge in [-0.2, -0.15) is 0 Å². The third-order valence-corrected chi connectivity index (χ3v) is 4.38. The molecule has 0 aromatic carbocycles. The highest BCUT2D eigenvalue weighted by atomic mass is 32.2. The zero-order chi connectivity index (χ0) is 13.8. The maximum atomic E-state index is 11.9. The second-order valence-electron chi connectivity index (χ2n) is 5.61. The number of hydrogen-bond donors (Lipinski definition) is 1. The van der Waals surface area contributed by atoms with Gasteiger partial charge in [-0.05, 0) is 11.8 Å². The summed E-state index contributed by atoms with van der Waals surface area (Å²) in [7, 11) is -3.20. The molecule has 0 spiro atoms. The Kier molecular flexibility index (Phi) is 4.92. The van der Waals surface area contributed by atoms with Crippen LogP contribution in [0.4, 0.5) is 0 Å². The summed E-state index contributed by atoms with van der Waals surface area (Å²) in [6.07, 6.45) is 5.86. The Hall–Kier alpha value is -0.880. The van der Waals surface area contributed by atoms with Gasteiger partial charge in [0.25, 0.3) is 0 Å². The SMILES string of the molecule is CCCS(=O)(=O)NC(Cn1ccnc1)C(C)(C)C. The van der Waals surface area contributed by atoms with E-state index in [-0.39, 0.29) is 17.2 Å². The van der Waals surface area contributed by atoms with Crippen molar-refractivity contribution in [3.63, 3.8) is 0 Å². The molecule has 0 aliphatic rings. The average Bonchev–Trinajstić information content (AvgIpc) is 2.67. The van der Waals surface area contributed by atoms with Gasteiger partial charge in [-0.1, -0.05) is 27.7 Å². The smallest absolute Gasteiger partial charge is 0.211 e. The predicted molar refractivity (Wildman–Crippen MR) is 72.7 cm³/mol. The van der Waals surface area contributed by atoms with Crippen LogP contribution in [0, 0.1) is 5.41 Å². The molecule has 1 heterocycles. The van der Waals surface area contributed by atoms with Gasteiger partial charge in [0.2, 0.25) is 10.0 Å². The minimum absolute atomic E-state index is 0.148. The molecule has 1 atom stereocenters. The Balaban J connectivity index is 2.80. The summed E-state index contributed by atoms with van der Waals surface area (Å²) in [5.74, 6) is 0.170. The predicted octanol–water partition coefficient (Wildman–Crippen LogP) is 1.63. The molecule has 0 bridgehead atoms. The number of hydrogen-bond acceptors (Lipinski definition) is 3. The van der Waals surface area contributed by atoms with Gasteiger partial charge in [-0.15, -0.1) is 0 Å². The summed E-state index contributed by atoms with van der Waals surface area (Å²) in [4.78, 5) is 3.98. The van der Waals surface area contributed by atoms with E-state index in [1.165, 1.54) is 0 Å². The van der Waals surface area contributed by atoms with Crippen LogP contribution < -0.4 is 4.72 Å². The van der Waals surface area contributed by atoms with E-state index in [0.717, 1.165) is 0 Å². The van der Waals surface area contributed by atoms with Crippen molar-refractivity contribution in [2.45, 2.75) is 46.7 Å². The Labute approximate surface area is 110 Å². The van der Waals surface area contributed by atoms with Crippen molar-refractivity contribution in [2.75, 3.05) is 5.75 Å². The Morgan fingerprint density at radius 3 is 2.50 bits per heavy atom. The number of nitrogens with zero attached hydrogens (tertiary/aromatic N) is 2. The number of rotatable bonds is 6. The lowest BCUT2D eigenvalue weighted by atomic mass is 9.87. The van der Waals surface area contributed by atoms with E-state index in [1.54, 1.807) is 12.5 Å². The molecule has 1 rings (SSSR count). The van der Waals surface area contributed by atoms with Crippen LogP contribution in [0.15, 0.2) is 18.7 Å². The summed E-state index contributed by atoms with van der Waals surface area (Å²) >= 11 is 0. The fourth-order valence-electron chi connectivity index (χ4n) is 1.64. The summed E-state index contributed by atoms with van der Waals surface area (Å²) < 4.78 is 28.4. The molecule has 6 heteroatoms. The Morgan fingerprint density at radius 2 is 2.06 bits per heavy atom. The summed E-state index contributed by atoms with van der Waals surface area (Å²) in [5, 5.41) is 0. The summed E-state index contributed by atoms with van der Waals surface area (Å²) in [5.41, 5.74) is -0.148. The highest BCUT2D eigenvalue weighted by Gasteiger charge is 2.28. The first-order valence-corrected chi connectivity index (χ1v) is 7.85. The van der Waals surface area contributed by atoms with E-state index >= 15 is 0 Å². The molecule has 0 radical (unpaired) electrons. The largest absolute Gasteiger partial charge is 0.336 e. The van der Waals surface area contributed by atoms with Crippen molar-refractivity contribution >= 4 is 10.0 Å². The van der Waals surface area contributed by atoms with E-state index in [9.17, 15) is 8.42 Å². The van der Waals surface area contributed by atoms with Crippen LogP contribution >= 0.6 is 0 Å². The van der Waals surface area contributed by atoms with Gasteiger partial charge >= 0.3 is 0 Å². The first-order chi connectivity index (χ1) is 8.24. The van der Waals surface area contributed by atoms with Crippen LogP contribution in [-0.2, 0) is 16.6 Å². The maximum Gasteiger partial charge on any atom is 0.211 e. The van der Waals surface area contributed by atoms with E-state index in [0.29, 0.717) is 13.0 Å². The molecule has 0 fully saturated rings. The molecule has 104 valence electrons. The molecule has 0 aliphatic heterocycles. The molecule has 1 N–H and O–H groups in total. The topological polar surface area (TPSA) is 64.0 Å². The molecule has 18 heavy (non-hydrogen) atoms. The number of imidazole rings is 1. The molecular weight excluding hydrogens is 250 g/mol. The van der Waals surface area contributed by atoms with Crippen molar-refractivity contribution in [3.05, 3.63) is 18.7 Å². The second-order valence-corrected chi connectivity index (χ2v) is 7.49. The number of sulfonamides is 1. The minimum Gasteiger partial charge on any atom is -0.336 e. The van der Waals surface area contributed by atoms with Crippen molar-refractivity contribution in [1.82, 2.24) is 14.3 Å². The average molecular weight is 273 g/mol. The van der Waals surface area contributed by atoms with Crippen LogP contribution in [-0.4, -0.2) is 29.8 Å². The fraction of sp³-hybridized carbons (Fsp3) is 0.750. The van der Waals surface area contributed by atoms with E-state index in [4.69, 9.17) is 0 Å². The highest BCUT2D eigenvalue weighted by molar-refractivity contribution is 7.89. The molecule has 1 aromatic rings. The van der Waals surface area contributed by atoms with Gasteiger partial charge in [0, 0.05) is 25.0 Å². The van der Waals surface area contributed by atoms with Crippen LogP contribution in [0.1, 0.15) is 34.1 Å². The lowest BCUT2D eigenvalue weighted by Gasteiger charge is -2.31. The monoisotopic (exact) mass is 273 g/mol. The van der Waals surface area contributed by atoms with Gasteiger partial charge in [0.1, 0.15) is 0 Å². The number of aromatic nitrogens is 2. The Morgan fingerprint density at radius 1 is 1.39 bits per heavy atom. The number of nitrogens with one attached hydrogen (secondary N) is 1. The maximum absolute atomic E-state index is 11.9. The molecule has 0 saturated heterocycles. The fourth-order valence-corrected chi connectivity index (χ4v) is 3.15. The lowest BCUT2D eigenvalue weighted by Crippen LogP contribution is -2.46. The van der Waals surface area contributed by atoms with Gasteiger partial charge in [-0.3, -0.25) is 0 Å². The first kappa shape index (κ1) is 15.2. The zero-order valence-corrected chi connectivity index (χ0v) is 12.4. The zero-order valence-electron chi connectivity index (χ0n) is 11.5. The molecule has 1 unspecified atom stereocenters. The van der Waals surface area contributed by atoms with Crippen LogP contribution in [0.5, 0.6) is 0 Å². The molecular formula is C12H23N3O2S. The van der Waals surface area contributed by atoms with Crippen LogP contribution in [0.3, 0.4) is 0 Å².